The Kier molecular flexibility index (Phi) is 6.42. The summed E-state index contributed by atoms with van der Waals surface area (Å²) in [5, 5.41) is 3.96. The lowest BCUT2D eigenvalue weighted by molar-refractivity contribution is 0.0954. The van der Waals surface area contributed by atoms with Gasteiger partial charge in [0.2, 0.25) is 0 Å². The third-order valence-corrected chi connectivity index (χ3v) is 4.09. The topological polar surface area (TPSA) is 69.2 Å². The number of hydrogen-bond donors (Lipinski definition) is 1. The number of amides is 1. The third kappa shape index (κ3) is 4.38. The van der Waals surface area contributed by atoms with E-state index < -0.39 is 0 Å². The molecule has 6 nitrogen and oxygen atoms in total. The number of ether oxygens (including phenoxy) is 3. The number of rotatable bonds is 6. The summed E-state index contributed by atoms with van der Waals surface area (Å²) in [6.45, 7) is 0. The van der Waals surface area contributed by atoms with E-state index in [0.29, 0.717) is 22.8 Å². The van der Waals surface area contributed by atoms with Crippen molar-refractivity contribution in [2.45, 2.75) is 0 Å². The standard InChI is InChI=1S/C17H17IN2O4/c1-22-14-7-4-11(8-16(14)24-3)10-19-20-17(21)12-5-6-13(18)15(9-12)23-2/h4-10H,1-3H3,(H,20,21)/b19-10-. The number of nitrogens with one attached hydrogen (secondary N) is 1. The molecule has 0 unspecified atom stereocenters. The zero-order valence-corrected chi connectivity index (χ0v) is 15.7. The van der Waals surface area contributed by atoms with Crippen LogP contribution in [-0.4, -0.2) is 33.5 Å². The Hall–Kier alpha value is -2.29. The summed E-state index contributed by atoms with van der Waals surface area (Å²) in [5.41, 5.74) is 3.73. The number of hydrogen-bond acceptors (Lipinski definition) is 5. The van der Waals surface area contributed by atoms with E-state index in [2.05, 4.69) is 33.1 Å². The van der Waals surface area contributed by atoms with Gasteiger partial charge in [-0.3, -0.25) is 4.79 Å². The first-order valence-corrected chi connectivity index (χ1v) is 8.06. The van der Waals surface area contributed by atoms with Crippen molar-refractivity contribution in [1.29, 1.82) is 0 Å². The van der Waals surface area contributed by atoms with Crippen LogP contribution >= 0.6 is 22.6 Å². The summed E-state index contributed by atoms with van der Waals surface area (Å²) >= 11 is 2.14. The minimum absolute atomic E-state index is 0.318. The lowest BCUT2D eigenvalue weighted by Gasteiger charge is -2.07. The molecule has 0 fully saturated rings. The molecule has 24 heavy (non-hydrogen) atoms. The van der Waals surface area contributed by atoms with Gasteiger partial charge in [-0.15, -0.1) is 0 Å². The molecule has 0 bridgehead atoms. The Balaban J connectivity index is 2.07. The Morgan fingerprint density at radius 2 is 1.71 bits per heavy atom. The molecule has 126 valence electrons. The predicted molar refractivity (Wildman–Crippen MR) is 100 cm³/mol. The molecule has 1 amide bonds. The third-order valence-electron chi connectivity index (χ3n) is 3.20. The maximum absolute atomic E-state index is 12.1. The zero-order chi connectivity index (χ0) is 17.5. The summed E-state index contributed by atoms with van der Waals surface area (Å²) in [7, 11) is 4.69. The Bertz CT molecular complexity index is 762. The number of carbonyl (C=O) groups excluding carboxylic acids is 1. The number of halogens is 1. The van der Waals surface area contributed by atoms with Crippen LogP contribution in [0.2, 0.25) is 0 Å². The molecule has 0 aromatic heterocycles. The van der Waals surface area contributed by atoms with Gasteiger partial charge in [-0.25, -0.2) is 5.43 Å². The van der Waals surface area contributed by atoms with Crippen LogP contribution in [0.5, 0.6) is 17.2 Å². The van der Waals surface area contributed by atoms with Gasteiger partial charge in [0.1, 0.15) is 5.75 Å². The van der Waals surface area contributed by atoms with E-state index in [4.69, 9.17) is 14.2 Å². The Morgan fingerprint density at radius 1 is 1.00 bits per heavy atom. The van der Waals surface area contributed by atoms with Crippen molar-refractivity contribution in [2.75, 3.05) is 21.3 Å². The molecular weight excluding hydrogens is 423 g/mol. The van der Waals surface area contributed by atoms with E-state index in [1.54, 1.807) is 45.6 Å². The lowest BCUT2D eigenvalue weighted by atomic mass is 10.2. The number of carbonyl (C=O) groups is 1. The zero-order valence-electron chi connectivity index (χ0n) is 13.5. The van der Waals surface area contributed by atoms with E-state index in [1.807, 2.05) is 12.1 Å². The summed E-state index contributed by atoms with van der Waals surface area (Å²) in [6.07, 6.45) is 1.53. The van der Waals surface area contributed by atoms with Crippen LogP contribution in [0.25, 0.3) is 0 Å². The van der Waals surface area contributed by atoms with Gasteiger partial charge in [0.05, 0.1) is 31.1 Å². The van der Waals surface area contributed by atoms with Crippen LogP contribution in [0.15, 0.2) is 41.5 Å². The van der Waals surface area contributed by atoms with Gasteiger partial charge in [-0.05, 0) is 64.6 Å². The smallest absolute Gasteiger partial charge is 0.271 e. The molecular formula is C17H17IN2O4. The highest BCUT2D eigenvalue weighted by Crippen LogP contribution is 2.26. The molecule has 0 atom stereocenters. The second kappa shape index (κ2) is 8.53. The van der Waals surface area contributed by atoms with Crippen molar-refractivity contribution in [3.63, 3.8) is 0 Å². The average molecular weight is 440 g/mol. The van der Waals surface area contributed by atoms with E-state index in [-0.39, 0.29) is 5.91 Å². The lowest BCUT2D eigenvalue weighted by Crippen LogP contribution is -2.17. The molecule has 0 saturated carbocycles. The van der Waals surface area contributed by atoms with Gasteiger partial charge in [0.15, 0.2) is 11.5 Å². The van der Waals surface area contributed by atoms with Crippen molar-refractivity contribution in [2.24, 2.45) is 5.10 Å². The highest BCUT2D eigenvalue weighted by Gasteiger charge is 2.08. The molecule has 2 rings (SSSR count). The highest BCUT2D eigenvalue weighted by molar-refractivity contribution is 14.1. The first-order valence-electron chi connectivity index (χ1n) is 6.98. The van der Waals surface area contributed by atoms with Gasteiger partial charge >= 0.3 is 0 Å². The van der Waals surface area contributed by atoms with E-state index in [0.717, 1.165) is 9.13 Å². The van der Waals surface area contributed by atoms with Crippen LogP contribution in [0.1, 0.15) is 15.9 Å². The van der Waals surface area contributed by atoms with Crippen molar-refractivity contribution in [1.82, 2.24) is 5.43 Å². The molecule has 2 aromatic rings. The quantitative estimate of drug-likeness (QED) is 0.426. The molecule has 0 heterocycles. The Labute approximate surface area is 153 Å². The summed E-state index contributed by atoms with van der Waals surface area (Å²) < 4.78 is 16.5. The molecule has 0 radical (unpaired) electrons. The molecule has 1 N–H and O–H groups in total. The second-order valence-electron chi connectivity index (χ2n) is 4.66. The van der Waals surface area contributed by atoms with Gasteiger partial charge in [-0.2, -0.15) is 5.10 Å². The van der Waals surface area contributed by atoms with Gasteiger partial charge < -0.3 is 14.2 Å². The van der Waals surface area contributed by atoms with Crippen LogP contribution in [0, 0.1) is 3.57 Å². The summed E-state index contributed by atoms with van der Waals surface area (Å²) in [4.78, 5) is 12.1. The number of nitrogens with zero attached hydrogens (tertiary/aromatic N) is 1. The first kappa shape index (κ1) is 18.1. The van der Waals surface area contributed by atoms with Crippen LogP contribution in [0.4, 0.5) is 0 Å². The molecule has 0 aliphatic carbocycles. The molecule has 2 aromatic carbocycles. The van der Waals surface area contributed by atoms with Gasteiger partial charge in [0, 0.05) is 5.56 Å². The fourth-order valence-electron chi connectivity index (χ4n) is 1.96. The minimum atomic E-state index is -0.318. The summed E-state index contributed by atoms with van der Waals surface area (Å²) in [6, 6.07) is 10.5. The molecule has 0 saturated heterocycles. The highest BCUT2D eigenvalue weighted by atomic mass is 127. The first-order chi connectivity index (χ1) is 11.6. The predicted octanol–water partition coefficient (Wildman–Crippen LogP) is 3.08. The number of hydrazone groups is 1. The van der Waals surface area contributed by atoms with Crippen molar-refractivity contribution in [3.8, 4) is 17.2 Å². The van der Waals surface area contributed by atoms with Crippen LogP contribution in [-0.2, 0) is 0 Å². The van der Waals surface area contributed by atoms with Crippen molar-refractivity contribution < 1.29 is 19.0 Å². The monoisotopic (exact) mass is 440 g/mol. The SMILES string of the molecule is COc1cc(C(=O)N/N=C\c2ccc(OC)c(OC)c2)ccc1I. The maximum atomic E-state index is 12.1. The largest absolute Gasteiger partial charge is 0.496 e. The Morgan fingerprint density at radius 3 is 2.38 bits per heavy atom. The van der Waals surface area contributed by atoms with Crippen molar-refractivity contribution in [3.05, 3.63) is 51.1 Å². The normalized spacial score (nSPS) is 10.5. The molecule has 0 aliphatic rings. The average Bonchev–Trinajstić information content (AvgIpc) is 2.61. The molecule has 0 spiro atoms. The van der Waals surface area contributed by atoms with Crippen LogP contribution < -0.4 is 19.6 Å². The van der Waals surface area contributed by atoms with E-state index >= 15 is 0 Å². The van der Waals surface area contributed by atoms with Crippen LogP contribution in [0.3, 0.4) is 0 Å². The number of benzene rings is 2. The van der Waals surface area contributed by atoms with Gasteiger partial charge in [-0.1, -0.05) is 0 Å². The fraction of sp³-hybridized carbons (Fsp3) is 0.176. The maximum Gasteiger partial charge on any atom is 0.271 e. The van der Waals surface area contributed by atoms with E-state index in [9.17, 15) is 4.79 Å². The molecule has 0 aliphatic heterocycles. The number of methoxy groups -OCH3 is 3. The van der Waals surface area contributed by atoms with E-state index in [1.165, 1.54) is 6.21 Å². The molecule has 7 heteroatoms. The fourth-order valence-corrected chi connectivity index (χ4v) is 2.52. The minimum Gasteiger partial charge on any atom is -0.496 e. The summed E-state index contributed by atoms with van der Waals surface area (Å²) in [5.74, 6) is 1.55. The van der Waals surface area contributed by atoms with Crippen molar-refractivity contribution >= 4 is 34.7 Å². The second-order valence-corrected chi connectivity index (χ2v) is 5.83. The van der Waals surface area contributed by atoms with Gasteiger partial charge in [0.25, 0.3) is 5.91 Å².